The molecule has 0 saturated carbocycles. The Bertz CT molecular complexity index is 1130. The van der Waals surface area contributed by atoms with Gasteiger partial charge in [0.15, 0.2) is 0 Å². The Balaban J connectivity index is 1.63. The molecule has 3 aromatic rings. The minimum absolute atomic E-state index is 0.399. The molecule has 0 unspecified atom stereocenters. The summed E-state index contributed by atoms with van der Waals surface area (Å²) in [6, 6.07) is 21.8. The van der Waals surface area contributed by atoms with E-state index in [0.717, 1.165) is 28.0 Å². The van der Waals surface area contributed by atoms with Crippen LogP contribution in [0.3, 0.4) is 0 Å². The Morgan fingerprint density at radius 3 is 2.43 bits per heavy atom. The molecule has 2 N–H and O–H groups in total. The highest BCUT2D eigenvalue weighted by atomic mass is 16.5. The van der Waals surface area contributed by atoms with Crippen molar-refractivity contribution in [3.8, 4) is 0 Å². The van der Waals surface area contributed by atoms with E-state index >= 15 is 0 Å². The summed E-state index contributed by atoms with van der Waals surface area (Å²) in [5, 5.41) is 11.6. The summed E-state index contributed by atoms with van der Waals surface area (Å²) in [5.74, 6) is 1.23. The van der Waals surface area contributed by atoms with Crippen LogP contribution in [0.25, 0.3) is 11.3 Å². The zero-order valence-electron chi connectivity index (χ0n) is 16.7. The van der Waals surface area contributed by atoms with Crippen molar-refractivity contribution >= 4 is 23.0 Å². The van der Waals surface area contributed by atoms with Gasteiger partial charge in [-0.05, 0) is 23.8 Å². The van der Waals surface area contributed by atoms with Crippen LogP contribution in [0.5, 0.6) is 0 Å². The molecule has 0 spiro atoms. The molecule has 30 heavy (non-hydrogen) atoms. The first kappa shape index (κ1) is 19.3. The predicted octanol–water partition coefficient (Wildman–Crippen LogP) is 5.12. The van der Waals surface area contributed by atoms with Crippen molar-refractivity contribution in [1.82, 2.24) is 9.97 Å². The fourth-order valence-corrected chi connectivity index (χ4v) is 3.25. The van der Waals surface area contributed by atoms with E-state index < -0.39 is 0 Å². The minimum Gasteiger partial charge on any atom is -0.495 e. The van der Waals surface area contributed by atoms with Crippen molar-refractivity contribution < 1.29 is 4.74 Å². The van der Waals surface area contributed by atoms with Gasteiger partial charge < -0.3 is 15.5 Å². The van der Waals surface area contributed by atoms with E-state index in [4.69, 9.17) is 10.1 Å². The Kier molecular flexibility index (Phi) is 5.80. The molecule has 1 aromatic heterocycles. The third-order valence-corrected chi connectivity index (χ3v) is 4.75. The molecule has 0 radical (unpaired) electrons. The summed E-state index contributed by atoms with van der Waals surface area (Å²) >= 11 is 0. The van der Waals surface area contributed by atoms with Crippen molar-refractivity contribution in [3.05, 3.63) is 114 Å². The number of nitrogens with zero attached hydrogens (tertiary/aromatic N) is 2. The maximum atomic E-state index is 8.37. The maximum absolute atomic E-state index is 8.37. The van der Waals surface area contributed by atoms with Crippen molar-refractivity contribution in [3.63, 3.8) is 0 Å². The highest BCUT2D eigenvalue weighted by Gasteiger charge is 2.16. The number of benzene rings is 2. The Labute approximate surface area is 176 Å². The topological polar surface area (TPSA) is 70.9 Å². The summed E-state index contributed by atoms with van der Waals surface area (Å²) in [5.41, 5.74) is 4.89. The zero-order valence-corrected chi connectivity index (χ0v) is 16.7. The van der Waals surface area contributed by atoms with Gasteiger partial charge in [0.2, 0.25) is 5.95 Å². The Hall–Kier alpha value is -3.99. The minimum atomic E-state index is 0.399. The molecule has 5 heteroatoms. The molecule has 148 valence electrons. The molecule has 0 amide bonds. The first-order valence-corrected chi connectivity index (χ1v) is 9.68. The number of allylic oxidation sites excluding steroid dienone is 5. The lowest BCUT2D eigenvalue weighted by Gasteiger charge is -2.16. The molecule has 2 aromatic carbocycles. The van der Waals surface area contributed by atoms with Crippen molar-refractivity contribution in [2.45, 2.75) is 6.54 Å². The van der Waals surface area contributed by atoms with Crippen LogP contribution in [0.4, 0.5) is 5.95 Å². The van der Waals surface area contributed by atoms with Crippen LogP contribution in [-0.4, -0.2) is 22.8 Å². The van der Waals surface area contributed by atoms with Gasteiger partial charge in [-0.15, -0.1) is 0 Å². The monoisotopic (exact) mass is 394 g/mol. The normalized spacial score (nSPS) is 14.8. The predicted molar refractivity (Wildman–Crippen MR) is 121 cm³/mol. The van der Waals surface area contributed by atoms with Crippen LogP contribution in [-0.2, 0) is 11.3 Å². The lowest BCUT2D eigenvalue weighted by Crippen LogP contribution is -2.08. The number of anilines is 1. The van der Waals surface area contributed by atoms with E-state index in [1.165, 1.54) is 0 Å². The molecule has 0 bridgehead atoms. The van der Waals surface area contributed by atoms with Crippen LogP contribution in [0.1, 0.15) is 16.8 Å². The summed E-state index contributed by atoms with van der Waals surface area (Å²) in [4.78, 5) is 8.98. The fourth-order valence-electron chi connectivity index (χ4n) is 3.25. The second-order valence-corrected chi connectivity index (χ2v) is 6.76. The summed E-state index contributed by atoms with van der Waals surface area (Å²) in [6.07, 6.45) is 7.35. The number of rotatable bonds is 6. The van der Waals surface area contributed by atoms with Gasteiger partial charge in [0.25, 0.3) is 0 Å². The largest absolute Gasteiger partial charge is 0.495 e. The molecule has 0 saturated heterocycles. The van der Waals surface area contributed by atoms with Gasteiger partial charge in [0.05, 0.1) is 18.5 Å². The third kappa shape index (κ3) is 4.36. The smallest absolute Gasteiger partial charge is 0.223 e. The molecule has 4 rings (SSSR count). The molecule has 1 aliphatic rings. The average molecular weight is 394 g/mol. The highest BCUT2D eigenvalue weighted by molar-refractivity contribution is 6.16. The van der Waals surface area contributed by atoms with E-state index in [1.54, 1.807) is 19.4 Å². The zero-order chi connectivity index (χ0) is 20.8. The number of hydrogen-bond donors (Lipinski definition) is 2. The van der Waals surface area contributed by atoms with Crippen molar-refractivity contribution in [2.24, 2.45) is 0 Å². The van der Waals surface area contributed by atoms with Crippen LogP contribution in [0.15, 0.2) is 96.7 Å². The van der Waals surface area contributed by atoms with Gasteiger partial charge in [-0.3, -0.25) is 0 Å². The first-order valence-electron chi connectivity index (χ1n) is 9.68. The molecule has 0 fully saturated rings. The summed E-state index contributed by atoms with van der Waals surface area (Å²) in [7, 11) is 1.63. The van der Waals surface area contributed by atoms with E-state index in [1.807, 2.05) is 66.7 Å². The first-order chi connectivity index (χ1) is 14.7. The van der Waals surface area contributed by atoms with E-state index in [0.29, 0.717) is 24.0 Å². The van der Waals surface area contributed by atoms with Crippen LogP contribution in [0, 0.1) is 5.41 Å². The van der Waals surface area contributed by atoms with Gasteiger partial charge in [-0.25, -0.2) is 9.97 Å². The number of hydrogen-bond acceptors (Lipinski definition) is 5. The van der Waals surface area contributed by atoms with E-state index in [-0.39, 0.29) is 0 Å². The van der Waals surface area contributed by atoms with E-state index in [2.05, 4.69) is 27.4 Å². The van der Waals surface area contributed by atoms with Crippen LogP contribution in [0.2, 0.25) is 0 Å². The third-order valence-electron chi connectivity index (χ3n) is 4.75. The van der Waals surface area contributed by atoms with Gasteiger partial charge >= 0.3 is 0 Å². The Morgan fingerprint density at radius 2 is 1.70 bits per heavy atom. The van der Waals surface area contributed by atoms with Gasteiger partial charge in [-0.1, -0.05) is 66.7 Å². The molecular formula is C25H22N4O. The Morgan fingerprint density at radius 1 is 0.967 bits per heavy atom. The van der Waals surface area contributed by atoms with Crippen molar-refractivity contribution in [2.75, 3.05) is 12.4 Å². The number of methoxy groups -OCH3 is 1. The van der Waals surface area contributed by atoms with Gasteiger partial charge in [0.1, 0.15) is 5.76 Å². The van der Waals surface area contributed by atoms with E-state index in [9.17, 15) is 0 Å². The average Bonchev–Trinajstić information content (AvgIpc) is 2.81. The van der Waals surface area contributed by atoms with Gasteiger partial charge in [0, 0.05) is 29.5 Å². The number of aromatic nitrogens is 2. The van der Waals surface area contributed by atoms with Gasteiger partial charge in [-0.2, -0.15) is 0 Å². The fraction of sp³-hybridized carbons (Fsp3) is 0.0800. The molecule has 0 atom stereocenters. The second kappa shape index (κ2) is 9.01. The number of ether oxygens (including phenoxy) is 1. The summed E-state index contributed by atoms with van der Waals surface area (Å²) < 4.78 is 5.66. The second-order valence-electron chi connectivity index (χ2n) is 6.76. The SMILES string of the molecule is CO/C(=C1/C=C(c2ccnc(NCc3ccccc3)n2)C=CC1=N)c1ccccc1. The molecule has 0 aliphatic heterocycles. The van der Waals surface area contributed by atoms with Crippen LogP contribution >= 0.6 is 0 Å². The lowest BCUT2D eigenvalue weighted by atomic mass is 9.95. The number of nitrogens with one attached hydrogen (secondary N) is 2. The molecule has 1 heterocycles. The highest BCUT2D eigenvalue weighted by Crippen LogP contribution is 2.28. The summed E-state index contributed by atoms with van der Waals surface area (Å²) in [6.45, 7) is 0.650. The lowest BCUT2D eigenvalue weighted by molar-refractivity contribution is 0.369. The van der Waals surface area contributed by atoms with Crippen LogP contribution < -0.4 is 5.32 Å². The molecule has 1 aliphatic carbocycles. The quantitative estimate of drug-likeness (QED) is 0.569. The molecule has 5 nitrogen and oxygen atoms in total. The van der Waals surface area contributed by atoms with Crippen molar-refractivity contribution in [1.29, 1.82) is 5.41 Å². The molecular weight excluding hydrogens is 372 g/mol. The standard InChI is InChI=1S/C25H22N4O/c1-30-24(19-10-6-3-7-11-19)21-16-20(12-13-22(21)26)23-14-15-27-25(29-23)28-17-18-8-4-2-5-9-18/h2-16,26H,17H2,1H3,(H,27,28,29)/b24-21-,26-22?. The maximum Gasteiger partial charge on any atom is 0.223 e.